The number of aromatic nitrogens is 1. The minimum Gasteiger partial charge on any atom is -0.490 e. The summed E-state index contributed by atoms with van der Waals surface area (Å²) in [7, 11) is 0. The Morgan fingerprint density at radius 3 is 3.00 bits per heavy atom. The zero-order valence-corrected chi connectivity index (χ0v) is 11.4. The number of ether oxygens (including phenoxy) is 1. The SMILES string of the molecule is CCCOc1cccnc1Nc1cc(N)ccc1Cl. The van der Waals surface area contributed by atoms with Gasteiger partial charge in [0.1, 0.15) is 0 Å². The normalized spacial score (nSPS) is 10.2. The Hall–Kier alpha value is -1.94. The lowest BCUT2D eigenvalue weighted by molar-refractivity contribution is 0.318. The summed E-state index contributed by atoms with van der Waals surface area (Å²) in [6, 6.07) is 8.96. The first kappa shape index (κ1) is 13.5. The van der Waals surface area contributed by atoms with Gasteiger partial charge in [0.2, 0.25) is 0 Å². The molecule has 4 nitrogen and oxygen atoms in total. The van der Waals surface area contributed by atoms with Gasteiger partial charge in [-0.25, -0.2) is 4.98 Å². The number of nitrogen functional groups attached to an aromatic ring is 1. The molecule has 19 heavy (non-hydrogen) atoms. The number of hydrogen-bond acceptors (Lipinski definition) is 4. The second kappa shape index (κ2) is 6.29. The third-order valence-corrected chi connectivity index (χ3v) is 2.81. The van der Waals surface area contributed by atoms with Gasteiger partial charge in [0.25, 0.3) is 0 Å². The lowest BCUT2D eigenvalue weighted by Gasteiger charge is -2.13. The Morgan fingerprint density at radius 1 is 1.37 bits per heavy atom. The Labute approximate surface area is 117 Å². The van der Waals surface area contributed by atoms with Crippen molar-refractivity contribution < 1.29 is 4.74 Å². The summed E-state index contributed by atoms with van der Waals surface area (Å²) in [4.78, 5) is 4.26. The molecular formula is C14H16ClN3O. The molecule has 0 aliphatic heterocycles. The van der Waals surface area contributed by atoms with Crippen LogP contribution in [0.3, 0.4) is 0 Å². The molecule has 0 atom stereocenters. The highest BCUT2D eigenvalue weighted by Gasteiger charge is 2.07. The number of nitrogens with one attached hydrogen (secondary N) is 1. The molecule has 3 N–H and O–H groups in total. The molecule has 0 unspecified atom stereocenters. The van der Waals surface area contributed by atoms with Gasteiger partial charge in [-0.1, -0.05) is 18.5 Å². The minimum absolute atomic E-state index is 0.585. The number of rotatable bonds is 5. The highest BCUT2D eigenvalue weighted by molar-refractivity contribution is 6.33. The molecule has 0 saturated carbocycles. The third-order valence-electron chi connectivity index (χ3n) is 2.48. The average molecular weight is 278 g/mol. The maximum absolute atomic E-state index is 6.12. The number of nitrogens with two attached hydrogens (primary N) is 1. The molecular weight excluding hydrogens is 262 g/mol. The van der Waals surface area contributed by atoms with Crippen LogP contribution in [0.15, 0.2) is 36.5 Å². The van der Waals surface area contributed by atoms with Gasteiger partial charge in [0, 0.05) is 11.9 Å². The van der Waals surface area contributed by atoms with E-state index in [0.717, 1.165) is 6.42 Å². The van der Waals surface area contributed by atoms with Crippen molar-refractivity contribution in [2.24, 2.45) is 0 Å². The second-order valence-electron chi connectivity index (χ2n) is 4.06. The van der Waals surface area contributed by atoms with Crippen LogP contribution in [0.5, 0.6) is 5.75 Å². The smallest absolute Gasteiger partial charge is 0.173 e. The first-order chi connectivity index (χ1) is 9.20. The lowest BCUT2D eigenvalue weighted by Crippen LogP contribution is -2.01. The van der Waals surface area contributed by atoms with Crippen LogP contribution in [-0.4, -0.2) is 11.6 Å². The van der Waals surface area contributed by atoms with E-state index in [1.165, 1.54) is 0 Å². The predicted octanol–water partition coefficient (Wildman–Crippen LogP) is 3.85. The number of hydrogen-bond donors (Lipinski definition) is 2. The van der Waals surface area contributed by atoms with Crippen LogP contribution < -0.4 is 15.8 Å². The number of halogens is 1. The predicted molar refractivity (Wildman–Crippen MR) is 79.2 cm³/mol. The molecule has 0 amide bonds. The number of nitrogens with zero attached hydrogens (tertiary/aromatic N) is 1. The van der Waals surface area contributed by atoms with Gasteiger partial charge < -0.3 is 15.8 Å². The largest absolute Gasteiger partial charge is 0.490 e. The summed E-state index contributed by atoms with van der Waals surface area (Å²) in [6.07, 6.45) is 2.63. The van der Waals surface area contributed by atoms with E-state index >= 15 is 0 Å². The van der Waals surface area contributed by atoms with E-state index in [-0.39, 0.29) is 0 Å². The minimum atomic E-state index is 0.585. The summed E-state index contributed by atoms with van der Waals surface area (Å²) >= 11 is 6.12. The van der Waals surface area contributed by atoms with Crippen molar-refractivity contribution in [3.63, 3.8) is 0 Å². The first-order valence-corrected chi connectivity index (χ1v) is 6.48. The van der Waals surface area contributed by atoms with Gasteiger partial charge in [-0.3, -0.25) is 0 Å². The molecule has 0 aliphatic rings. The van der Waals surface area contributed by atoms with Crippen molar-refractivity contribution in [2.45, 2.75) is 13.3 Å². The fourth-order valence-corrected chi connectivity index (χ4v) is 1.74. The summed E-state index contributed by atoms with van der Waals surface area (Å²) in [6.45, 7) is 2.70. The second-order valence-corrected chi connectivity index (χ2v) is 4.47. The van der Waals surface area contributed by atoms with E-state index in [2.05, 4.69) is 17.2 Å². The van der Waals surface area contributed by atoms with Crippen molar-refractivity contribution in [3.05, 3.63) is 41.6 Å². The maximum atomic E-state index is 6.12. The van der Waals surface area contributed by atoms with E-state index in [1.807, 2.05) is 12.1 Å². The maximum Gasteiger partial charge on any atom is 0.173 e. The summed E-state index contributed by atoms with van der Waals surface area (Å²) in [5, 5.41) is 3.73. The Bertz CT molecular complexity index is 560. The highest BCUT2D eigenvalue weighted by Crippen LogP contribution is 2.30. The molecule has 5 heteroatoms. The van der Waals surface area contributed by atoms with Crippen LogP contribution in [0.1, 0.15) is 13.3 Å². The van der Waals surface area contributed by atoms with Gasteiger partial charge >= 0.3 is 0 Å². The average Bonchev–Trinajstić information content (AvgIpc) is 2.42. The Morgan fingerprint density at radius 2 is 2.21 bits per heavy atom. The van der Waals surface area contributed by atoms with Crippen molar-refractivity contribution in [3.8, 4) is 5.75 Å². The summed E-state index contributed by atoms with van der Waals surface area (Å²) in [5.41, 5.74) is 7.10. The van der Waals surface area contributed by atoms with Crippen molar-refractivity contribution in [1.82, 2.24) is 4.98 Å². The van der Waals surface area contributed by atoms with Gasteiger partial charge in [0.15, 0.2) is 11.6 Å². The molecule has 1 aromatic carbocycles. The van der Waals surface area contributed by atoms with Crippen LogP contribution in [-0.2, 0) is 0 Å². The van der Waals surface area contributed by atoms with E-state index in [4.69, 9.17) is 22.1 Å². The summed E-state index contributed by atoms with van der Waals surface area (Å²) < 4.78 is 5.63. The number of anilines is 3. The van der Waals surface area contributed by atoms with Crippen LogP contribution in [0.2, 0.25) is 5.02 Å². The molecule has 0 aliphatic carbocycles. The molecule has 1 aromatic heterocycles. The van der Waals surface area contributed by atoms with Gasteiger partial charge in [-0.05, 0) is 36.8 Å². The Balaban J connectivity index is 2.25. The van der Waals surface area contributed by atoms with E-state index in [0.29, 0.717) is 34.6 Å². The zero-order valence-electron chi connectivity index (χ0n) is 10.7. The first-order valence-electron chi connectivity index (χ1n) is 6.10. The van der Waals surface area contributed by atoms with Gasteiger partial charge in [0.05, 0.1) is 17.3 Å². The standard InChI is InChI=1S/C14H16ClN3O/c1-2-8-19-13-4-3-7-17-14(13)18-12-9-10(16)5-6-11(12)15/h3-7,9H,2,8,16H2,1H3,(H,17,18). The number of pyridine rings is 1. The van der Waals surface area contributed by atoms with E-state index in [1.54, 1.807) is 24.4 Å². The van der Waals surface area contributed by atoms with E-state index < -0.39 is 0 Å². The molecule has 100 valence electrons. The molecule has 0 bridgehead atoms. The van der Waals surface area contributed by atoms with Crippen LogP contribution >= 0.6 is 11.6 Å². The molecule has 0 fully saturated rings. The zero-order chi connectivity index (χ0) is 13.7. The lowest BCUT2D eigenvalue weighted by atomic mass is 10.2. The van der Waals surface area contributed by atoms with Crippen LogP contribution in [0.25, 0.3) is 0 Å². The monoisotopic (exact) mass is 277 g/mol. The van der Waals surface area contributed by atoms with Crippen LogP contribution in [0.4, 0.5) is 17.2 Å². The number of benzene rings is 1. The molecule has 2 rings (SSSR count). The van der Waals surface area contributed by atoms with Crippen molar-refractivity contribution in [2.75, 3.05) is 17.7 Å². The van der Waals surface area contributed by atoms with Crippen molar-refractivity contribution in [1.29, 1.82) is 0 Å². The topological polar surface area (TPSA) is 60.2 Å². The molecule has 2 aromatic rings. The van der Waals surface area contributed by atoms with Gasteiger partial charge in [-0.2, -0.15) is 0 Å². The highest BCUT2D eigenvalue weighted by atomic mass is 35.5. The molecule has 0 saturated heterocycles. The quantitative estimate of drug-likeness (QED) is 0.815. The van der Waals surface area contributed by atoms with E-state index in [9.17, 15) is 0 Å². The fraction of sp³-hybridized carbons (Fsp3) is 0.214. The van der Waals surface area contributed by atoms with Crippen LogP contribution in [0, 0.1) is 0 Å². The fourth-order valence-electron chi connectivity index (χ4n) is 1.58. The van der Waals surface area contributed by atoms with Gasteiger partial charge in [-0.15, -0.1) is 0 Å². The molecule has 1 heterocycles. The molecule has 0 radical (unpaired) electrons. The molecule has 0 spiro atoms. The Kier molecular flexibility index (Phi) is 4.47. The third kappa shape index (κ3) is 3.51. The van der Waals surface area contributed by atoms with Crippen molar-refractivity contribution >= 4 is 28.8 Å². The summed E-state index contributed by atoms with van der Waals surface area (Å²) in [5.74, 6) is 1.33.